The van der Waals surface area contributed by atoms with Gasteiger partial charge >= 0.3 is 0 Å². The molecule has 144 valence electrons. The summed E-state index contributed by atoms with van der Waals surface area (Å²) in [6.45, 7) is 10.4. The highest BCUT2D eigenvalue weighted by Crippen LogP contribution is 2.34. The standard InChI is InChI=1S/C19H30N4O3/c1-3-19(4-2,21-22-20)17-5-7-18(8-6-17)26-16-15-25-14-11-23-9-12-24-13-10-23/h5-8H,3-4,9-16H2,1-2H3. The van der Waals surface area contributed by atoms with E-state index in [2.05, 4.69) is 14.9 Å². The Bertz CT molecular complexity index is 563. The number of nitrogens with zero attached hydrogens (tertiary/aromatic N) is 4. The summed E-state index contributed by atoms with van der Waals surface area (Å²) in [5.41, 5.74) is 9.41. The largest absolute Gasteiger partial charge is 0.491 e. The van der Waals surface area contributed by atoms with Crippen LogP contribution in [0, 0.1) is 0 Å². The summed E-state index contributed by atoms with van der Waals surface area (Å²) in [6.07, 6.45) is 1.54. The highest BCUT2D eigenvalue weighted by atomic mass is 16.5. The molecule has 7 nitrogen and oxygen atoms in total. The first-order valence-corrected chi connectivity index (χ1v) is 9.41. The van der Waals surface area contributed by atoms with Crippen LogP contribution in [0.15, 0.2) is 29.4 Å². The fourth-order valence-electron chi connectivity index (χ4n) is 3.14. The van der Waals surface area contributed by atoms with Crippen molar-refractivity contribution in [2.24, 2.45) is 5.11 Å². The summed E-state index contributed by atoms with van der Waals surface area (Å²) in [5, 5.41) is 4.03. The highest BCUT2D eigenvalue weighted by Gasteiger charge is 2.26. The Morgan fingerprint density at radius 3 is 2.42 bits per heavy atom. The van der Waals surface area contributed by atoms with Gasteiger partial charge in [0.05, 0.1) is 32.0 Å². The molecular weight excluding hydrogens is 332 g/mol. The van der Waals surface area contributed by atoms with E-state index in [9.17, 15) is 0 Å². The molecule has 0 aliphatic carbocycles. The van der Waals surface area contributed by atoms with Crippen LogP contribution in [0.5, 0.6) is 5.75 Å². The van der Waals surface area contributed by atoms with Crippen molar-refractivity contribution in [1.82, 2.24) is 4.90 Å². The molecule has 0 radical (unpaired) electrons. The van der Waals surface area contributed by atoms with Crippen molar-refractivity contribution in [2.75, 3.05) is 52.7 Å². The maximum Gasteiger partial charge on any atom is 0.119 e. The number of hydrogen-bond acceptors (Lipinski definition) is 5. The van der Waals surface area contributed by atoms with Crippen LogP contribution in [-0.4, -0.2) is 57.6 Å². The second-order valence-electron chi connectivity index (χ2n) is 6.37. The van der Waals surface area contributed by atoms with Crippen LogP contribution in [0.1, 0.15) is 32.3 Å². The van der Waals surface area contributed by atoms with E-state index >= 15 is 0 Å². The molecule has 1 fully saturated rings. The first kappa shape index (κ1) is 20.5. The molecule has 0 saturated carbocycles. The van der Waals surface area contributed by atoms with Gasteiger partial charge in [0.1, 0.15) is 12.4 Å². The molecule has 0 amide bonds. The van der Waals surface area contributed by atoms with Crippen LogP contribution >= 0.6 is 0 Å². The number of benzene rings is 1. The maximum absolute atomic E-state index is 8.86. The maximum atomic E-state index is 8.86. The van der Waals surface area contributed by atoms with E-state index < -0.39 is 5.54 Å². The van der Waals surface area contributed by atoms with Gasteiger partial charge in [-0.3, -0.25) is 4.90 Å². The molecule has 0 aromatic heterocycles. The lowest BCUT2D eigenvalue weighted by atomic mass is 9.86. The molecule has 7 heteroatoms. The number of hydrogen-bond donors (Lipinski definition) is 0. The third kappa shape index (κ3) is 5.88. The second-order valence-corrected chi connectivity index (χ2v) is 6.37. The zero-order valence-corrected chi connectivity index (χ0v) is 15.9. The first-order chi connectivity index (χ1) is 12.7. The normalized spacial score (nSPS) is 15.5. The van der Waals surface area contributed by atoms with E-state index in [1.54, 1.807) is 0 Å². The smallest absolute Gasteiger partial charge is 0.119 e. The van der Waals surface area contributed by atoms with Gasteiger partial charge in [-0.1, -0.05) is 31.1 Å². The molecule has 1 aromatic rings. The molecule has 1 aliphatic rings. The van der Waals surface area contributed by atoms with Gasteiger partial charge in [0, 0.05) is 24.5 Å². The average Bonchev–Trinajstić information content (AvgIpc) is 2.70. The Labute approximate surface area is 155 Å². The van der Waals surface area contributed by atoms with E-state index in [1.165, 1.54) is 0 Å². The molecule has 2 rings (SSSR count). The SMILES string of the molecule is CCC(CC)(N=[N+]=[N-])c1ccc(OCCOCCN2CCOCC2)cc1. The second kappa shape index (κ2) is 11.0. The minimum atomic E-state index is -0.476. The summed E-state index contributed by atoms with van der Waals surface area (Å²) in [7, 11) is 0. The van der Waals surface area contributed by atoms with Crippen molar-refractivity contribution in [1.29, 1.82) is 0 Å². The number of morpholine rings is 1. The van der Waals surface area contributed by atoms with Gasteiger partial charge in [0.15, 0.2) is 0 Å². The van der Waals surface area contributed by atoms with Crippen molar-refractivity contribution in [3.8, 4) is 5.75 Å². The molecule has 0 unspecified atom stereocenters. The molecule has 0 N–H and O–H groups in total. The third-order valence-electron chi connectivity index (χ3n) is 4.95. The van der Waals surface area contributed by atoms with Crippen LogP contribution < -0.4 is 4.74 Å². The summed E-state index contributed by atoms with van der Waals surface area (Å²) >= 11 is 0. The molecule has 26 heavy (non-hydrogen) atoms. The molecule has 0 spiro atoms. The fourth-order valence-corrected chi connectivity index (χ4v) is 3.14. The van der Waals surface area contributed by atoms with Crippen LogP contribution in [-0.2, 0) is 15.0 Å². The van der Waals surface area contributed by atoms with Crippen molar-refractivity contribution >= 4 is 0 Å². The molecule has 1 heterocycles. The third-order valence-corrected chi connectivity index (χ3v) is 4.95. The topological polar surface area (TPSA) is 79.7 Å². The highest BCUT2D eigenvalue weighted by molar-refractivity contribution is 5.32. The minimum absolute atomic E-state index is 0.476. The summed E-state index contributed by atoms with van der Waals surface area (Å²) in [4.78, 5) is 5.38. The predicted octanol–water partition coefficient (Wildman–Crippen LogP) is 3.74. The van der Waals surface area contributed by atoms with Crippen LogP contribution in [0.25, 0.3) is 10.4 Å². The lowest BCUT2D eigenvalue weighted by Gasteiger charge is -2.26. The van der Waals surface area contributed by atoms with Crippen molar-refractivity contribution in [3.63, 3.8) is 0 Å². The summed E-state index contributed by atoms with van der Waals surface area (Å²) in [6, 6.07) is 7.82. The van der Waals surface area contributed by atoms with Gasteiger partial charge in [0.2, 0.25) is 0 Å². The van der Waals surface area contributed by atoms with Gasteiger partial charge < -0.3 is 14.2 Å². The quantitative estimate of drug-likeness (QED) is 0.260. The van der Waals surface area contributed by atoms with E-state index in [4.69, 9.17) is 19.7 Å². The Balaban J connectivity index is 1.71. The Hall–Kier alpha value is -1.79. The number of azide groups is 1. The van der Waals surface area contributed by atoms with Crippen molar-refractivity contribution in [3.05, 3.63) is 40.3 Å². The molecular formula is C19H30N4O3. The Kier molecular flexibility index (Phi) is 8.71. The van der Waals surface area contributed by atoms with Crippen molar-refractivity contribution < 1.29 is 14.2 Å². The molecule has 0 atom stereocenters. The van der Waals surface area contributed by atoms with E-state index in [-0.39, 0.29) is 0 Å². The van der Waals surface area contributed by atoms with E-state index in [0.29, 0.717) is 19.8 Å². The monoisotopic (exact) mass is 362 g/mol. The van der Waals surface area contributed by atoms with Crippen molar-refractivity contribution in [2.45, 2.75) is 32.2 Å². The zero-order valence-electron chi connectivity index (χ0n) is 15.9. The Morgan fingerprint density at radius 1 is 1.12 bits per heavy atom. The van der Waals surface area contributed by atoms with Gasteiger partial charge in [-0.15, -0.1) is 0 Å². The van der Waals surface area contributed by atoms with Gasteiger partial charge in [-0.05, 0) is 36.1 Å². The number of ether oxygens (including phenoxy) is 3. The average molecular weight is 362 g/mol. The Morgan fingerprint density at radius 2 is 1.81 bits per heavy atom. The van der Waals surface area contributed by atoms with Gasteiger partial charge in [-0.2, -0.15) is 0 Å². The summed E-state index contributed by atoms with van der Waals surface area (Å²) < 4.78 is 16.7. The van der Waals surface area contributed by atoms with E-state index in [0.717, 1.165) is 57.0 Å². The number of rotatable bonds is 11. The van der Waals surface area contributed by atoms with Crippen LogP contribution in [0.4, 0.5) is 0 Å². The lowest BCUT2D eigenvalue weighted by Crippen LogP contribution is -2.38. The molecule has 0 bridgehead atoms. The van der Waals surface area contributed by atoms with Gasteiger partial charge in [-0.25, -0.2) is 0 Å². The van der Waals surface area contributed by atoms with E-state index in [1.807, 2.05) is 38.1 Å². The van der Waals surface area contributed by atoms with Crippen LogP contribution in [0.3, 0.4) is 0 Å². The lowest BCUT2D eigenvalue weighted by molar-refractivity contribution is 0.0170. The van der Waals surface area contributed by atoms with Gasteiger partial charge in [0.25, 0.3) is 0 Å². The minimum Gasteiger partial charge on any atom is -0.491 e. The summed E-state index contributed by atoms with van der Waals surface area (Å²) in [5.74, 6) is 0.799. The zero-order chi connectivity index (χ0) is 18.7. The molecule has 1 aromatic carbocycles. The first-order valence-electron chi connectivity index (χ1n) is 9.41. The predicted molar refractivity (Wildman–Crippen MR) is 101 cm³/mol. The van der Waals surface area contributed by atoms with Crippen LogP contribution in [0.2, 0.25) is 0 Å². The molecule has 1 saturated heterocycles. The molecule has 1 aliphatic heterocycles. The fraction of sp³-hybridized carbons (Fsp3) is 0.684.